The third-order valence-electron chi connectivity index (χ3n) is 13.1. The van der Waals surface area contributed by atoms with Gasteiger partial charge in [0.1, 0.15) is 0 Å². The molecule has 2 heterocycles. The van der Waals surface area contributed by atoms with E-state index in [4.69, 9.17) is 4.98 Å². The molecule has 2 aromatic heterocycles. The average molecular weight is 765 g/mol. The molecule has 0 saturated carbocycles. The van der Waals surface area contributed by atoms with Crippen molar-refractivity contribution >= 4 is 38.2 Å². The van der Waals surface area contributed by atoms with Crippen LogP contribution in [0.4, 0.5) is 0 Å². The molecular formula is C58H40N2. The lowest BCUT2D eigenvalue weighted by Gasteiger charge is -2.31. The Kier molecular flexibility index (Phi) is 7.61. The van der Waals surface area contributed by atoms with Gasteiger partial charge in [-0.2, -0.15) is 0 Å². The van der Waals surface area contributed by atoms with Crippen molar-refractivity contribution in [3.05, 3.63) is 234 Å². The first-order valence-electron chi connectivity index (χ1n) is 20.9. The SMILES string of the molecule is C/C=C\C1=C(C)C2(c3cc4c5cc(-c6cc(-c7ccccc7)nc(-c7ccccc7)c6)ccc5n(-c5ccc6ccccc6c5)c4cc31)c1ccccc1-c1ccccc12. The Morgan fingerprint density at radius 1 is 0.450 bits per heavy atom. The molecule has 2 aliphatic rings. The lowest BCUT2D eigenvalue weighted by Crippen LogP contribution is -2.26. The fraction of sp³-hybridized carbons (Fsp3) is 0.0517. The van der Waals surface area contributed by atoms with Crippen LogP contribution in [-0.4, -0.2) is 9.55 Å². The lowest BCUT2D eigenvalue weighted by molar-refractivity contribution is 0.768. The molecule has 0 N–H and O–H groups in total. The Hall–Kier alpha value is -7.55. The van der Waals surface area contributed by atoms with Gasteiger partial charge >= 0.3 is 0 Å². The van der Waals surface area contributed by atoms with Crippen molar-refractivity contribution < 1.29 is 0 Å². The van der Waals surface area contributed by atoms with E-state index in [1.165, 1.54) is 77.1 Å². The zero-order valence-corrected chi connectivity index (χ0v) is 33.5. The van der Waals surface area contributed by atoms with Gasteiger partial charge < -0.3 is 4.57 Å². The van der Waals surface area contributed by atoms with Crippen molar-refractivity contribution in [2.24, 2.45) is 0 Å². The second-order valence-electron chi connectivity index (χ2n) is 16.3. The van der Waals surface area contributed by atoms with Gasteiger partial charge in [0.05, 0.1) is 27.8 Å². The van der Waals surface area contributed by atoms with Crippen LogP contribution < -0.4 is 0 Å². The number of hydrogen-bond acceptors (Lipinski definition) is 1. The van der Waals surface area contributed by atoms with Gasteiger partial charge in [-0.1, -0.05) is 158 Å². The van der Waals surface area contributed by atoms with E-state index in [0.29, 0.717) is 0 Å². The van der Waals surface area contributed by atoms with Crippen LogP contribution in [0.15, 0.2) is 212 Å². The number of aromatic nitrogens is 2. The molecule has 8 aromatic carbocycles. The van der Waals surface area contributed by atoms with E-state index in [0.717, 1.165) is 39.3 Å². The summed E-state index contributed by atoms with van der Waals surface area (Å²) in [5.74, 6) is 0. The van der Waals surface area contributed by atoms with Crippen molar-refractivity contribution in [1.82, 2.24) is 9.55 Å². The molecule has 2 heteroatoms. The van der Waals surface area contributed by atoms with E-state index in [1.54, 1.807) is 0 Å². The summed E-state index contributed by atoms with van der Waals surface area (Å²) >= 11 is 0. The number of nitrogens with zero attached hydrogens (tertiary/aromatic N) is 2. The number of rotatable bonds is 5. The molecule has 2 nitrogen and oxygen atoms in total. The van der Waals surface area contributed by atoms with E-state index in [1.807, 2.05) is 0 Å². The van der Waals surface area contributed by atoms with Crippen molar-refractivity contribution in [2.75, 3.05) is 0 Å². The minimum atomic E-state index is -0.402. The molecule has 0 saturated heterocycles. The standard InChI is InChI=1S/C58H40N2/c1-3-16-45-37(2)58(51-25-14-12-23-46(51)47-24-13-15-26-52(47)58)53-35-50-49-32-42(43-33-54(39-18-6-4-7-19-39)59-55(34-43)40-20-8-5-9-21-40)28-30-56(49)60(57(50)36-48(45)53)44-29-27-38-17-10-11-22-41(38)31-44/h3-36H,1-2H3/b16-3-. The Morgan fingerprint density at radius 3 is 1.72 bits per heavy atom. The Balaban J connectivity index is 1.17. The third-order valence-corrected chi connectivity index (χ3v) is 13.1. The van der Waals surface area contributed by atoms with Crippen molar-refractivity contribution in [3.8, 4) is 50.5 Å². The molecule has 0 fully saturated rings. The number of benzene rings is 8. The Morgan fingerprint density at radius 2 is 1.05 bits per heavy atom. The predicted octanol–water partition coefficient (Wildman–Crippen LogP) is 15.0. The fourth-order valence-corrected chi connectivity index (χ4v) is 10.5. The van der Waals surface area contributed by atoms with Crippen LogP contribution in [0.3, 0.4) is 0 Å². The molecule has 0 atom stereocenters. The second kappa shape index (κ2) is 13.2. The van der Waals surface area contributed by atoms with Crippen LogP contribution in [0.2, 0.25) is 0 Å². The summed E-state index contributed by atoms with van der Waals surface area (Å²) in [6.07, 6.45) is 4.53. The quantitative estimate of drug-likeness (QED) is 0.171. The molecule has 282 valence electrons. The van der Waals surface area contributed by atoms with Gasteiger partial charge in [-0.25, -0.2) is 4.98 Å². The molecule has 0 amide bonds. The van der Waals surface area contributed by atoms with E-state index in [2.05, 4.69) is 225 Å². The summed E-state index contributed by atoms with van der Waals surface area (Å²) in [5.41, 5.74) is 20.2. The predicted molar refractivity (Wildman–Crippen MR) is 252 cm³/mol. The zero-order valence-electron chi connectivity index (χ0n) is 33.5. The summed E-state index contributed by atoms with van der Waals surface area (Å²) < 4.78 is 2.49. The lowest BCUT2D eigenvalue weighted by atomic mass is 9.70. The molecule has 1 spiro atoms. The van der Waals surface area contributed by atoms with Gasteiger partial charge in [0.25, 0.3) is 0 Å². The number of allylic oxidation sites excluding steroid dienone is 4. The van der Waals surface area contributed by atoms with E-state index in [9.17, 15) is 0 Å². The molecule has 0 aliphatic heterocycles. The topological polar surface area (TPSA) is 17.8 Å². The van der Waals surface area contributed by atoms with Gasteiger partial charge in [0.15, 0.2) is 0 Å². The van der Waals surface area contributed by atoms with Gasteiger partial charge in [-0.05, 0) is 129 Å². The summed E-state index contributed by atoms with van der Waals surface area (Å²) in [5, 5.41) is 4.94. The molecule has 60 heavy (non-hydrogen) atoms. The van der Waals surface area contributed by atoms with Gasteiger partial charge in [-0.3, -0.25) is 0 Å². The van der Waals surface area contributed by atoms with E-state index >= 15 is 0 Å². The number of hydrogen-bond donors (Lipinski definition) is 0. The fourth-order valence-electron chi connectivity index (χ4n) is 10.5. The minimum absolute atomic E-state index is 0.402. The van der Waals surface area contributed by atoms with E-state index in [-0.39, 0.29) is 0 Å². The van der Waals surface area contributed by atoms with Crippen molar-refractivity contribution in [3.63, 3.8) is 0 Å². The highest BCUT2D eigenvalue weighted by atomic mass is 15.0. The number of fused-ring (bicyclic) bond motifs is 11. The zero-order chi connectivity index (χ0) is 40.0. The van der Waals surface area contributed by atoms with Crippen molar-refractivity contribution in [2.45, 2.75) is 19.3 Å². The highest BCUT2D eigenvalue weighted by Crippen LogP contribution is 2.62. The summed E-state index contributed by atoms with van der Waals surface area (Å²) in [6, 6.07) is 71.3. The number of pyridine rings is 1. The maximum Gasteiger partial charge on any atom is 0.0715 e. The largest absolute Gasteiger partial charge is 0.309 e. The van der Waals surface area contributed by atoms with Gasteiger partial charge in [0.2, 0.25) is 0 Å². The first-order chi connectivity index (χ1) is 29.6. The van der Waals surface area contributed by atoms with Gasteiger partial charge in [0, 0.05) is 27.6 Å². The Labute approximate surface area is 350 Å². The van der Waals surface area contributed by atoms with E-state index < -0.39 is 5.41 Å². The first-order valence-corrected chi connectivity index (χ1v) is 20.9. The molecule has 0 unspecified atom stereocenters. The first kappa shape index (κ1) is 34.5. The van der Waals surface area contributed by atoms with Crippen LogP contribution >= 0.6 is 0 Å². The molecule has 2 aliphatic carbocycles. The molecule has 12 rings (SSSR count). The highest BCUT2D eigenvalue weighted by molar-refractivity contribution is 6.13. The smallest absolute Gasteiger partial charge is 0.0715 e. The second-order valence-corrected chi connectivity index (χ2v) is 16.3. The van der Waals surface area contributed by atoms with Crippen molar-refractivity contribution in [1.29, 1.82) is 0 Å². The average Bonchev–Trinajstić information content (AvgIpc) is 3.88. The summed E-state index contributed by atoms with van der Waals surface area (Å²) in [4.78, 5) is 5.21. The monoisotopic (exact) mass is 764 g/mol. The van der Waals surface area contributed by atoms with Crippen LogP contribution in [0.25, 0.3) is 88.6 Å². The Bertz CT molecular complexity index is 3330. The summed E-state index contributed by atoms with van der Waals surface area (Å²) in [6.45, 7) is 4.50. The van der Waals surface area contributed by atoms with Crippen LogP contribution in [0.5, 0.6) is 0 Å². The van der Waals surface area contributed by atoms with Crippen LogP contribution in [0.1, 0.15) is 36.1 Å². The minimum Gasteiger partial charge on any atom is -0.309 e. The summed E-state index contributed by atoms with van der Waals surface area (Å²) in [7, 11) is 0. The van der Waals surface area contributed by atoms with Gasteiger partial charge in [-0.15, -0.1) is 0 Å². The molecule has 10 aromatic rings. The normalized spacial score (nSPS) is 13.8. The van der Waals surface area contributed by atoms with Crippen LogP contribution in [0, 0.1) is 0 Å². The highest BCUT2D eigenvalue weighted by Gasteiger charge is 2.51. The molecule has 0 radical (unpaired) electrons. The van der Waals surface area contributed by atoms with Crippen LogP contribution in [-0.2, 0) is 5.41 Å². The third kappa shape index (κ3) is 4.91. The molecular weight excluding hydrogens is 725 g/mol. The maximum absolute atomic E-state index is 5.21. The molecule has 0 bridgehead atoms. The maximum atomic E-state index is 5.21.